The molecule has 4 nitrogen and oxygen atoms in total. The van der Waals surface area contributed by atoms with E-state index in [0.29, 0.717) is 10.3 Å². The third kappa shape index (κ3) is 3.77. The van der Waals surface area contributed by atoms with Crippen LogP contribution in [0.4, 0.5) is 10.1 Å². The molecule has 2 rings (SSSR count). The minimum Gasteiger partial charge on any atom is -0.318 e. The Hall–Kier alpha value is -1.53. The number of halogens is 3. The van der Waals surface area contributed by atoms with Gasteiger partial charge in [-0.05, 0) is 18.2 Å². The molecule has 0 spiro atoms. The number of carbonyl (C=O) groups is 1. The number of hydrogen-bond acceptors (Lipinski definition) is 3. The van der Waals surface area contributed by atoms with E-state index in [4.69, 9.17) is 11.6 Å². The van der Waals surface area contributed by atoms with Crippen LogP contribution in [0.2, 0.25) is 5.02 Å². The molecule has 0 saturated carbocycles. The smallest absolute Gasteiger partial charge is 0.276 e. The minimum atomic E-state index is -0.582. The van der Waals surface area contributed by atoms with Gasteiger partial charge in [-0.2, -0.15) is 0 Å². The summed E-state index contributed by atoms with van der Waals surface area (Å²) in [6, 6.07) is 4.26. The molecule has 1 amide bonds. The highest BCUT2D eigenvalue weighted by atomic mass is 79.9. The molecule has 0 fully saturated rings. The van der Waals surface area contributed by atoms with Crippen molar-refractivity contribution < 1.29 is 9.18 Å². The molecule has 0 bridgehead atoms. The van der Waals surface area contributed by atoms with Crippen LogP contribution in [0.15, 0.2) is 28.9 Å². The third-order valence-corrected chi connectivity index (χ3v) is 3.44. The van der Waals surface area contributed by atoms with Crippen LogP contribution >= 0.6 is 27.5 Å². The number of nitrogens with zero attached hydrogens (tertiary/aromatic N) is 2. The van der Waals surface area contributed by atoms with Crippen molar-refractivity contribution >= 4 is 39.1 Å². The summed E-state index contributed by atoms with van der Waals surface area (Å²) >= 11 is 9.16. The summed E-state index contributed by atoms with van der Waals surface area (Å²) in [4.78, 5) is 20.4. The molecule has 1 aromatic carbocycles. The van der Waals surface area contributed by atoms with Crippen molar-refractivity contribution in [3.05, 3.63) is 51.2 Å². The largest absolute Gasteiger partial charge is 0.318 e. The lowest BCUT2D eigenvalue weighted by Gasteiger charge is -2.09. The molecular weight excluding hydrogens is 361 g/mol. The summed E-state index contributed by atoms with van der Waals surface area (Å²) in [5, 5.41) is 2.57. The number of carbonyl (C=O) groups excluding carboxylic acids is 1. The van der Waals surface area contributed by atoms with Gasteiger partial charge < -0.3 is 5.32 Å². The van der Waals surface area contributed by atoms with Crippen LogP contribution in [-0.2, 0) is 0 Å². The Labute approximate surface area is 134 Å². The van der Waals surface area contributed by atoms with Gasteiger partial charge in [-0.25, -0.2) is 14.4 Å². The number of nitrogens with one attached hydrogen (secondary N) is 1. The van der Waals surface area contributed by atoms with E-state index in [2.05, 4.69) is 31.2 Å². The van der Waals surface area contributed by atoms with Crippen molar-refractivity contribution in [2.24, 2.45) is 0 Å². The number of anilines is 1. The van der Waals surface area contributed by atoms with E-state index in [1.807, 2.05) is 13.8 Å². The summed E-state index contributed by atoms with van der Waals surface area (Å²) in [6.45, 7) is 3.80. The first-order valence-corrected chi connectivity index (χ1v) is 7.34. The molecular formula is C14H12BrClFN3O. The van der Waals surface area contributed by atoms with Crippen molar-refractivity contribution in [2.45, 2.75) is 19.8 Å². The first-order valence-electron chi connectivity index (χ1n) is 6.17. The van der Waals surface area contributed by atoms with Crippen LogP contribution in [0.25, 0.3) is 0 Å². The van der Waals surface area contributed by atoms with Gasteiger partial charge in [0.2, 0.25) is 0 Å². The molecule has 110 valence electrons. The molecule has 0 unspecified atom stereocenters. The van der Waals surface area contributed by atoms with Gasteiger partial charge in [0.1, 0.15) is 11.6 Å². The van der Waals surface area contributed by atoms with Gasteiger partial charge in [-0.3, -0.25) is 4.79 Å². The second-order valence-electron chi connectivity index (χ2n) is 4.66. The Kier molecular flexibility index (Phi) is 4.90. The predicted molar refractivity (Wildman–Crippen MR) is 83.2 cm³/mol. The second kappa shape index (κ2) is 6.49. The van der Waals surface area contributed by atoms with Crippen LogP contribution in [0, 0.1) is 5.82 Å². The fourth-order valence-electron chi connectivity index (χ4n) is 1.59. The van der Waals surface area contributed by atoms with E-state index >= 15 is 0 Å². The zero-order chi connectivity index (χ0) is 15.6. The molecule has 0 aliphatic rings. The molecule has 0 atom stereocenters. The van der Waals surface area contributed by atoms with E-state index < -0.39 is 11.7 Å². The number of hydrogen-bond donors (Lipinski definition) is 1. The molecule has 1 N–H and O–H groups in total. The summed E-state index contributed by atoms with van der Waals surface area (Å²) in [7, 11) is 0. The van der Waals surface area contributed by atoms with Crippen molar-refractivity contribution in [2.75, 3.05) is 5.32 Å². The number of aromatic nitrogens is 2. The average Bonchev–Trinajstić information content (AvgIpc) is 2.43. The Morgan fingerprint density at radius 3 is 2.81 bits per heavy atom. The number of rotatable bonds is 3. The maximum absolute atomic E-state index is 13.7. The molecule has 7 heteroatoms. The van der Waals surface area contributed by atoms with Gasteiger partial charge in [-0.15, -0.1) is 0 Å². The summed E-state index contributed by atoms with van der Waals surface area (Å²) in [5.74, 6) is -0.571. The van der Waals surface area contributed by atoms with Crippen molar-refractivity contribution in [1.29, 1.82) is 0 Å². The molecule has 21 heavy (non-hydrogen) atoms. The predicted octanol–water partition coefficient (Wildman–Crippen LogP) is 4.41. The van der Waals surface area contributed by atoms with Crippen LogP contribution < -0.4 is 5.32 Å². The van der Waals surface area contributed by atoms with Crippen LogP contribution in [0.3, 0.4) is 0 Å². The fourth-order valence-corrected chi connectivity index (χ4v) is 2.13. The Morgan fingerprint density at radius 1 is 1.43 bits per heavy atom. The second-order valence-corrected chi connectivity index (χ2v) is 5.98. The van der Waals surface area contributed by atoms with E-state index in [1.165, 1.54) is 18.3 Å². The minimum absolute atomic E-state index is 0.0229. The van der Waals surface area contributed by atoms with Gasteiger partial charge >= 0.3 is 0 Å². The van der Waals surface area contributed by atoms with E-state index in [1.54, 1.807) is 6.07 Å². The molecule has 0 radical (unpaired) electrons. The lowest BCUT2D eigenvalue weighted by molar-refractivity contribution is 0.102. The number of benzene rings is 1. The Bertz CT molecular complexity index is 694. The van der Waals surface area contributed by atoms with Crippen LogP contribution in [0.1, 0.15) is 36.1 Å². The highest BCUT2D eigenvalue weighted by Crippen LogP contribution is 2.22. The normalized spacial score (nSPS) is 10.8. The van der Waals surface area contributed by atoms with E-state index in [-0.39, 0.29) is 22.3 Å². The number of amides is 1. The zero-order valence-electron chi connectivity index (χ0n) is 11.3. The van der Waals surface area contributed by atoms with E-state index in [9.17, 15) is 9.18 Å². The highest BCUT2D eigenvalue weighted by molar-refractivity contribution is 9.10. The van der Waals surface area contributed by atoms with Crippen LogP contribution in [-0.4, -0.2) is 15.9 Å². The Balaban J connectivity index is 2.32. The van der Waals surface area contributed by atoms with Crippen LogP contribution in [0.5, 0.6) is 0 Å². The van der Waals surface area contributed by atoms with Gasteiger partial charge in [0, 0.05) is 10.4 Å². The van der Waals surface area contributed by atoms with E-state index in [0.717, 1.165) is 0 Å². The van der Waals surface area contributed by atoms with Gasteiger partial charge in [0.05, 0.1) is 16.9 Å². The molecule has 0 aliphatic heterocycles. The highest BCUT2D eigenvalue weighted by Gasteiger charge is 2.17. The topological polar surface area (TPSA) is 54.9 Å². The van der Waals surface area contributed by atoms with Gasteiger partial charge in [0.25, 0.3) is 5.91 Å². The molecule has 1 heterocycles. The van der Waals surface area contributed by atoms with Gasteiger partial charge in [0.15, 0.2) is 5.69 Å². The lowest BCUT2D eigenvalue weighted by Crippen LogP contribution is -2.17. The maximum atomic E-state index is 13.7. The quantitative estimate of drug-likeness (QED) is 0.868. The summed E-state index contributed by atoms with van der Waals surface area (Å²) in [5.41, 5.74) is 0.0740. The SMILES string of the molecule is CC(C)c1ncc(Cl)c(C(=O)Nc2cc(Br)ccc2F)n1. The fraction of sp³-hybridized carbons (Fsp3) is 0.214. The molecule has 2 aromatic rings. The zero-order valence-corrected chi connectivity index (χ0v) is 13.7. The first kappa shape index (κ1) is 15.9. The summed E-state index contributed by atoms with van der Waals surface area (Å²) in [6.07, 6.45) is 1.37. The van der Waals surface area contributed by atoms with Crippen molar-refractivity contribution in [1.82, 2.24) is 9.97 Å². The maximum Gasteiger partial charge on any atom is 0.276 e. The molecule has 0 saturated heterocycles. The lowest BCUT2D eigenvalue weighted by atomic mass is 10.2. The van der Waals surface area contributed by atoms with Crippen molar-refractivity contribution in [3.63, 3.8) is 0 Å². The molecule has 1 aromatic heterocycles. The molecule has 0 aliphatic carbocycles. The third-order valence-electron chi connectivity index (χ3n) is 2.67. The van der Waals surface area contributed by atoms with Crippen molar-refractivity contribution in [3.8, 4) is 0 Å². The Morgan fingerprint density at radius 2 is 2.14 bits per heavy atom. The summed E-state index contributed by atoms with van der Waals surface area (Å²) < 4.78 is 14.3. The average molecular weight is 373 g/mol. The standard InChI is InChI=1S/C14H12BrClFN3O/c1-7(2)13-18-6-9(16)12(20-13)14(21)19-11-5-8(15)3-4-10(11)17/h3-7H,1-2H3,(H,19,21). The first-order chi connectivity index (χ1) is 9.88. The van der Waals surface area contributed by atoms with Gasteiger partial charge in [-0.1, -0.05) is 41.4 Å². The monoisotopic (exact) mass is 371 g/mol.